The van der Waals surface area contributed by atoms with Gasteiger partial charge in [0.1, 0.15) is 5.02 Å². The quantitative estimate of drug-likeness (QED) is 0.635. The van der Waals surface area contributed by atoms with Crippen LogP contribution >= 0.6 is 11.6 Å². The Morgan fingerprint density at radius 2 is 2.27 bits per heavy atom. The normalized spacial score (nSPS) is 10.8. The van der Waals surface area contributed by atoms with Gasteiger partial charge in [-0.3, -0.25) is 10.1 Å². The number of nitro groups is 1. The Balaban J connectivity index is 2.92. The van der Waals surface area contributed by atoms with Crippen LogP contribution < -0.4 is 0 Å². The third kappa shape index (κ3) is 3.34. The molecule has 0 radical (unpaired) electrons. The van der Waals surface area contributed by atoms with Crippen LogP contribution in [0.25, 0.3) is 6.08 Å². The van der Waals surface area contributed by atoms with Gasteiger partial charge in [-0.2, -0.15) is 0 Å². The molecule has 0 saturated carbocycles. The van der Waals surface area contributed by atoms with Crippen molar-refractivity contribution in [2.45, 2.75) is 6.42 Å². The molecule has 80 valence electrons. The summed E-state index contributed by atoms with van der Waals surface area (Å²) in [7, 11) is 0. The number of halogens is 1. The molecule has 1 aromatic rings. The maximum absolute atomic E-state index is 10.6. The maximum atomic E-state index is 10.6. The maximum Gasteiger partial charge on any atom is 0.288 e. The number of aliphatic hydroxyl groups excluding tert-OH is 1. The highest BCUT2D eigenvalue weighted by atomic mass is 35.5. The van der Waals surface area contributed by atoms with E-state index >= 15 is 0 Å². The molecule has 0 spiro atoms. The lowest BCUT2D eigenvalue weighted by atomic mass is 10.2. The summed E-state index contributed by atoms with van der Waals surface area (Å²) in [5, 5.41) is 19.2. The highest BCUT2D eigenvalue weighted by Gasteiger charge is 2.11. The number of hydrogen-bond acceptors (Lipinski definition) is 3. The van der Waals surface area contributed by atoms with Gasteiger partial charge in [-0.05, 0) is 18.1 Å². The third-order valence-corrected chi connectivity index (χ3v) is 2.09. The van der Waals surface area contributed by atoms with Gasteiger partial charge in [0.05, 0.1) is 4.92 Å². The number of benzene rings is 1. The van der Waals surface area contributed by atoms with Gasteiger partial charge in [0, 0.05) is 12.7 Å². The molecule has 1 aromatic carbocycles. The summed E-state index contributed by atoms with van der Waals surface area (Å²) in [4.78, 5) is 10.0. The fraction of sp³-hybridized carbons (Fsp3) is 0.200. The first-order chi connectivity index (χ1) is 7.15. The summed E-state index contributed by atoms with van der Waals surface area (Å²) in [6.07, 6.45) is 3.98. The smallest absolute Gasteiger partial charge is 0.288 e. The van der Waals surface area contributed by atoms with Crippen molar-refractivity contribution in [2.24, 2.45) is 0 Å². The first kappa shape index (κ1) is 11.7. The summed E-state index contributed by atoms with van der Waals surface area (Å²) in [6.45, 7) is 0.0617. The molecular formula is C10H10ClNO3. The van der Waals surface area contributed by atoms with E-state index in [9.17, 15) is 10.1 Å². The van der Waals surface area contributed by atoms with Crippen LogP contribution in [0.3, 0.4) is 0 Å². The zero-order valence-corrected chi connectivity index (χ0v) is 8.65. The van der Waals surface area contributed by atoms with Gasteiger partial charge in [0.25, 0.3) is 5.69 Å². The monoisotopic (exact) mass is 227 g/mol. The summed E-state index contributed by atoms with van der Waals surface area (Å²) in [6, 6.07) is 4.57. The number of rotatable bonds is 4. The van der Waals surface area contributed by atoms with Gasteiger partial charge < -0.3 is 5.11 Å². The van der Waals surface area contributed by atoms with Crippen LogP contribution in [0.1, 0.15) is 12.0 Å². The largest absolute Gasteiger partial charge is 0.396 e. The van der Waals surface area contributed by atoms with Crippen molar-refractivity contribution in [3.05, 3.63) is 45.0 Å². The van der Waals surface area contributed by atoms with E-state index in [4.69, 9.17) is 16.7 Å². The predicted octanol–water partition coefficient (Wildman–Crippen LogP) is 2.64. The Morgan fingerprint density at radius 3 is 2.87 bits per heavy atom. The Labute approximate surface area is 92.0 Å². The average molecular weight is 228 g/mol. The molecule has 0 aliphatic rings. The van der Waals surface area contributed by atoms with Crippen molar-refractivity contribution in [3.63, 3.8) is 0 Å². The second-order valence-electron chi connectivity index (χ2n) is 2.88. The van der Waals surface area contributed by atoms with Crippen LogP contribution in [0.5, 0.6) is 0 Å². The first-order valence-corrected chi connectivity index (χ1v) is 4.74. The second kappa shape index (κ2) is 5.48. The number of aliphatic hydroxyl groups is 1. The first-order valence-electron chi connectivity index (χ1n) is 4.36. The zero-order valence-electron chi connectivity index (χ0n) is 7.89. The molecule has 0 bridgehead atoms. The summed E-state index contributed by atoms with van der Waals surface area (Å²) < 4.78 is 0. The van der Waals surface area contributed by atoms with E-state index in [0.29, 0.717) is 12.0 Å². The molecule has 5 heteroatoms. The number of hydrogen-bond donors (Lipinski definition) is 1. The van der Waals surface area contributed by atoms with Gasteiger partial charge in [0.15, 0.2) is 0 Å². The van der Waals surface area contributed by atoms with Crippen LogP contribution in [0.4, 0.5) is 5.69 Å². The predicted molar refractivity (Wildman–Crippen MR) is 58.8 cm³/mol. The molecule has 0 heterocycles. The van der Waals surface area contributed by atoms with Crippen molar-refractivity contribution in [2.75, 3.05) is 6.61 Å². The molecule has 0 amide bonds. The molecule has 15 heavy (non-hydrogen) atoms. The fourth-order valence-electron chi connectivity index (χ4n) is 1.07. The molecular weight excluding hydrogens is 218 g/mol. The van der Waals surface area contributed by atoms with E-state index in [1.807, 2.05) is 0 Å². The summed E-state index contributed by atoms with van der Waals surface area (Å²) >= 11 is 5.65. The Kier molecular flexibility index (Phi) is 4.27. The molecule has 0 aliphatic carbocycles. The fourth-order valence-corrected chi connectivity index (χ4v) is 1.25. The van der Waals surface area contributed by atoms with Crippen LogP contribution in [-0.2, 0) is 0 Å². The number of nitro benzene ring substituents is 1. The molecule has 1 N–H and O–H groups in total. The van der Waals surface area contributed by atoms with Gasteiger partial charge >= 0.3 is 0 Å². The minimum atomic E-state index is -0.522. The topological polar surface area (TPSA) is 63.4 Å². The van der Waals surface area contributed by atoms with E-state index < -0.39 is 4.92 Å². The van der Waals surface area contributed by atoms with Crippen molar-refractivity contribution >= 4 is 23.4 Å². The minimum Gasteiger partial charge on any atom is -0.396 e. The lowest BCUT2D eigenvalue weighted by Crippen LogP contribution is -1.89. The van der Waals surface area contributed by atoms with Crippen molar-refractivity contribution in [1.29, 1.82) is 0 Å². The van der Waals surface area contributed by atoms with Crippen molar-refractivity contribution in [1.82, 2.24) is 0 Å². The third-order valence-electron chi connectivity index (χ3n) is 1.77. The van der Waals surface area contributed by atoms with E-state index in [2.05, 4.69) is 0 Å². The molecule has 0 atom stereocenters. The van der Waals surface area contributed by atoms with E-state index in [-0.39, 0.29) is 17.3 Å². The molecule has 0 unspecified atom stereocenters. The Hall–Kier alpha value is -1.39. The van der Waals surface area contributed by atoms with Crippen LogP contribution in [0.2, 0.25) is 5.02 Å². The van der Waals surface area contributed by atoms with Gasteiger partial charge in [-0.25, -0.2) is 0 Å². The minimum absolute atomic E-state index is 0.0617. The lowest BCUT2D eigenvalue weighted by molar-refractivity contribution is -0.384. The molecule has 0 aliphatic heterocycles. The van der Waals surface area contributed by atoms with Gasteiger partial charge in [0.2, 0.25) is 0 Å². The summed E-state index contributed by atoms with van der Waals surface area (Å²) in [5.41, 5.74) is 0.586. The van der Waals surface area contributed by atoms with Crippen LogP contribution in [-0.4, -0.2) is 16.6 Å². The molecule has 0 aromatic heterocycles. The Bertz CT molecular complexity index is 390. The number of nitrogens with zero attached hydrogens (tertiary/aromatic N) is 1. The van der Waals surface area contributed by atoms with Gasteiger partial charge in [-0.1, -0.05) is 29.8 Å². The van der Waals surface area contributed by atoms with Crippen LogP contribution in [0, 0.1) is 10.1 Å². The van der Waals surface area contributed by atoms with E-state index in [1.165, 1.54) is 12.1 Å². The Morgan fingerprint density at radius 1 is 1.53 bits per heavy atom. The van der Waals surface area contributed by atoms with Gasteiger partial charge in [-0.15, -0.1) is 0 Å². The molecule has 1 rings (SSSR count). The molecule has 4 nitrogen and oxygen atoms in total. The van der Waals surface area contributed by atoms with Crippen molar-refractivity contribution in [3.8, 4) is 0 Å². The average Bonchev–Trinajstić information content (AvgIpc) is 2.20. The summed E-state index contributed by atoms with van der Waals surface area (Å²) in [5.74, 6) is 0. The standard InChI is InChI=1S/C10H10ClNO3/c11-9-5-4-8(3-1-2-6-13)7-10(9)12(14)15/h1,3-5,7,13H,2,6H2. The lowest BCUT2D eigenvalue weighted by Gasteiger charge is -1.97. The molecule has 0 fully saturated rings. The highest BCUT2D eigenvalue weighted by molar-refractivity contribution is 6.32. The van der Waals surface area contributed by atoms with Crippen LogP contribution in [0.15, 0.2) is 24.3 Å². The van der Waals surface area contributed by atoms with E-state index in [1.54, 1.807) is 18.2 Å². The SMILES string of the molecule is O=[N+]([O-])c1cc(C=CCCO)ccc1Cl. The van der Waals surface area contributed by atoms with E-state index in [0.717, 1.165) is 0 Å². The second-order valence-corrected chi connectivity index (χ2v) is 3.29. The zero-order chi connectivity index (χ0) is 11.3. The van der Waals surface area contributed by atoms with Crippen molar-refractivity contribution < 1.29 is 10.0 Å². The highest BCUT2D eigenvalue weighted by Crippen LogP contribution is 2.25. The molecule has 0 saturated heterocycles.